The first-order valence-electron chi connectivity index (χ1n) is 6.82. The first-order chi connectivity index (χ1) is 9.10. The first kappa shape index (κ1) is 17.8. The molecule has 0 radical (unpaired) electrons. The van der Waals surface area contributed by atoms with Gasteiger partial charge in [0.05, 0.1) is 6.10 Å². The van der Waals surface area contributed by atoms with Crippen molar-refractivity contribution in [3.63, 3.8) is 0 Å². The van der Waals surface area contributed by atoms with Crippen LogP contribution < -0.4 is 0 Å². The van der Waals surface area contributed by atoms with Crippen molar-refractivity contribution in [2.75, 3.05) is 6.61 Å². The molecule has 0 aliphatic rings. The molecule has 114 valence electrons. The summed E-state index contributed by atoms with van der Waals surface area (Å²) in [4.78, 5) is 0. The van der Waals surface area contributed by atoms with E-state index in [0.29, 0.717) is 16.5 Å². The van der Waals surface area contributed by atoms with Crippen molar-refractivity contribution in [3.05, 3.63) is 34.1 Å². The van der Waals surface area contributed by atoms with Crippen LogP contribution in [0.4, 0.5) is 4.39 Å². The molecule has 0 saturated heterocycles. The van der Waals surface area contributed by atoms with Gasteiger partial charge in [-0.3, -0.25) is 0 Å². The molecular weight excluding hydrogens is 339 g/mol. The van der Waals surface area contributed by atoms with Crippen molar-refractivity contribution in [1.29, 1.82) is 0 Å². The van der Waals surface area contributed by atoms with Gasteiger partial charge in [0.25, 0.3) is 0 Å². The average Bonchev–Trinajstić information content (AvgIpc) is 2.26. The standard InChI is InChI=1S/C15H24BrFO2Si/c1-15(2,3)20(4,5)19-13(9-10-18)14-11(16)7-6-8-12(14)17/h6-8,13,18H,9-10H2,1-5H3. The predicted molar refractivity (Wildman–Crippen MR) is 86.8 cm³/mol. The van der Waals surface area contributed by atoms with Gasteiger partial charge in [-0.05, 0) is 36.7 Å². The van der Waals surface area contributed by atoms with Crippen molar-refractivity contribution in [2.24, 2.45) is 0 Å². The van der Waals surface area contributed by atoms with E-state index in [2.05, 4.69) is 49.8 Å². The van der Waals surface area contributed by atoms with Crippen molar-refractivity contribution < 1.29 is 13.9 Å². The highest BCUT2D eigenvalue weighted by Gasteiger charge is 2.40. The van der Waals surface area contributed by atoms with Crippen LogP contribution in [0.3, 0.4) is 0 Å². The SMILES string of the molecule is CC(C)(C)[Si](C)(C)OC(CCO)c1c(F)cccc1Br. The Hall–Kier alpha value is -0.233. The van der Waals surface area contributed by atoms with Crippen LogP contribution >= 0.6 is 15.9 Å². The van der Waals surface area contributed by atoms with Gasteiger partial charge in [0.15, 0.2) is 8.32 Å². The third kappa shape index (κ3) is 4.13. The zero-order chi connectivity index (χ0) is 15.6. The molecule has 0 spiro atoms. The topological polar surface area (TPSA) is 29.5 Å². The van der Waals surface area contributed by atoms with Gasteiger partial charge in [-0.1, -0.05) is 42.8 Å². The third-order valence-corrected chi connectivity index (χ3v) is 9.13. The Labute approximate surface area is 130 Å². The second-order valence-electron chi connectivity index (χ2n) is 6.51. The van der Waals surface area contributed by atoms with Crippen LogP contribution in [-0.2, 0) is 4.43 Å². The van der Waals surface area contributed by atoms with E-state index in [0.717, 1.165) is 0 Å². The lowest BCUT2D eigenvalue weighted by atomic mass is 10.1. The minimum Gasteiger partial charge on any atom is -0.410 e. The third-order valence-electron chi connectivity index (χ3n) is 3.96. The van der Waals surface area contributed by atoms with Crippen LogP contribution in [0, 0.1) is 5.82 Å². The van der Waals surface area contributed by atoms with Crippen LogP contribution in [0.1, 0.15) is 38.9 Å². The van der Waals surface area contributed by atoms with Gasteiger partial charge < -0.3 is 9.53 Å². The number of hydrogen-bond acceptors (Lipinski definition) is 2. The van der Waals surface area contributed by atoms with Gasteiger partial charge in [-0.2, -0.15) is 0 Å². The highest BCUT2D eigenvalue weighted by Crippen LogP contribution is 2.42. The Kier molecular flexibility index (Phi) is 5.96. The molecule has 0 heterocycles. The second-order valence-corrected chi connectivity index (χ2v) is 12.1. The molecule has 0 bridgehead atoms. The first-order valence-corrected chi connectivity index (χ1v) is 10.5. The summed E-state index contributed by atoms with van der Waals surface area (Å²) in [5.74, 6) is -0.295. The molecule has 1 aromatic rings. The number of aliphatic hydroxyl groups is 1. The summed E-state index contributed by atoms with van der Waals surface area (Å²) in [5, 5.41) is 9.32. The van der Waals surface area contributed by atoms with E-state index in [1.54, 1.807) is 12.1 Å². The fourth-order valence-electron chi connectivity index (χ4n) is 1.73. The van der Waals surface area contributed by atoms with Crippen LogP contribution in [0.15, 0.2) is 22.7 Å². The summed E-state index contributed by atoms with van der Waals surface area (Å²) in [7, 11) is -2.03. The van der Waals surface area contributed by atoms with E-state index in [1.807, 2.05) is 0 Å². The monoisotopic (exact) mass is 362 g/mol. The molecule has 0 amide bonds. The summed E-state index contributed by atoms with van der Waals surface area (Å²) >= 11 is 3.39. The van der Waals surface area contributed by atoms with Gasteiger partial charge in [-0.25, -0.2) is 4.39 Å². The van der Waals surface area contributed by atoms with E-state index in [4.69, 9.17) is 4.43 Å². The molecule has 0 fully saturated rings. The molecule has 1 N–H and O–H groups in total. The molecule has 1 aromatic carbocycles. The van der Waals surface area contributed by atoms with Gasteiger partial charge in [0.2, 0.25) is 0 Å². The number of rotatable bonds is 5. The quantitative estimate of drug-likeness (QED) is 0.743. The Morgan fingerprint density at radius 2 is 1.95 bits per heavy atom. The van der Waals surface area contributed by atoms with E-state index in [1.165, 1.54) is 6.07 Å². The zero-order valence-electron chi connectivity index (χ0n) is 12.8. The van der Waals surface area contributed by atoms with E-state index >= 15 is 0 Å². The van der Waals surface area contributed by atoms with Crippen molar-refractivity contribution in [2.45, 2.75) is 51.4 Å². The lowest BCUT2D eigenvalue weighted by Crippen LogP contribution is -2.42. The van der Waals surface area contributed by atoms with E-state index < -0.39 is 14.4 Å². The van der Waals surface area contributed by atoms with E-state index in [-0.39, 0.29) is 17.5 Å². The fourth-order valence-corrected chi connectivity index (χ4v) is 3.63. The van der Waals surface area contributed by atoms with Gasteiger partial charge in [0, 0.05) is 16.6 Å². The fraction of sp³-hybridized carbons (Fsp3) is 0.600. The minimum absolute atomic E-state index is 0.0277. The Bertz CT molecular complexity index is 437. The lowest BCUT2D eigenvalue weighted by Gasteiger charge is -2.39. The number of benzene rings is 1. The summed E-state index contributed by atoms with van der Waals surface area (Å²) in [6, 6.07) is 4.89. The average molecular weight is 363 g/mol. The highest BCUT2D eigenvalue weighted by atomic mass is 79.9. The molecule has 0 aliphatic carbocycles. The summed E-state index contributed by atoms with van der Waals surface area (Å²) in [6.45, 7) is 10.7. The molecule has 0 saturated carbocycles. The lowest BCUT2D eigenvalue weighted by molar-refractivity contribution is 0.137. The molecule has 1 atom stereocenters. The summed E-state index contributed by atoms with van der Waals surface area (Å²) in [6.07, 6.45) is -0.0251. The molecule has 0 aliphatic heterocycles. The maximum Gasteiger partial charge on any atom is 0.192 e. The Morgan fingerprint density at radius 1 is 1.35 bits per heavy atom. The van der Waals surface area contributed by atoms with Crippen molar-refractivity contribution in [1.82, 2.24) is 0 Å². The number of hydrogen-bond donors (Lipinski definition) is 1. The summed E-state index contributed by atoms with van der Waals surface area (Å²) < 4.78 is 21.1. The van der Waals surface area contributed by atoms with Crippen LogP contribution in [0.5, 0.6) is 0 Å². The molecule has 1 unspecified atom stereocenters. The number of aliphatic hydroxyl groups excluding tert-OH is 1. The van der Waals surface area contributed by atoms with Crippen molar-refractivity contribution >= 4 is 24.2 Å². The van der Waals surface area contributed by atoms with Crippen LogP contribution in [-0.4, -0.2) is 20.0 Å². The molecule has 0 aromatic heterocycles. The Balaban J connectivity index is 3.13. The Morgan fingerprint density at radius 3 is 2.40 bits per heavy atom. The molecule has 5 heteroatoms. The normalized spacial score (nSPS) is 14.4. The maximum absolute atomic E-state index is 14.1. The molecular formula is C15H24BrFO2Si. The van der Waals surface area contributed by atoms with Crippen LogP contribution in [0.2, 0.25) is 18.1 Å². The van der Waals surface area contributed by atoms with Gasteiger partial charge in [0.1, 0.15) is 5.82 Å². The van der Waals surface area contributed by atoms with Crippen LogP contribution in [0.25, 0.3) is 0 Å². The molecule has 1 rings (SSSR count). The zero-order valence-corrected chi connectivity index (χ0v) is 15.4. The second kappa shape index (κ2) is 6.69. The summed E-state index contributed by atoms with van der Waals surface area (Å²) in [5.41, 5.74) is 0.506. The molecule has 20 heavy (non-hydrogen) atoms. The van der Waals surface area contributed by atoms with Crippen molar-refractivity contribution in [3.8, 4) is 0 Å². The van der Waals surface area contributed by atoms with E-state index in [9.17, 15) is 9.50 Å². The van der Waals surface area contributed by atoms with Gasteiger partial charge in [-0.15, -0.1) is 0 Å². The minimum atomic E-state index is -2.03. The smallest absolute Gasteiger partial charge is 0.192 e. The number of halogens is 2. The highest BCUT2D eigenvalue weighted by molar-refractivity contribution is 9.10. The largest absolute Gasteiger partial charge is 0.410 e. The van der Waals surface area contributed by atoms with Gasteiger partial charge >= 0.3 is 0 Å². The predicted octanol–water partition coefficient (Wildman–Crippen LogP) is 5.03. The maximum atomic E-state index is 14.1. The molecule has 2 nitrogen and oxygen atoms in total.